The maximum Gasteiger partial charge on any atom is 0.323 e. The second-order valence-corrected chi connectivity index (χ2v) is 6.84. The van der Waals surface area contributed by atoms with Crippen molar-refractivity contribution in [2.24, 2.45) is 0 Å². The molecule has 2 rings (SSSR count). The second kappa shape index (κ2) is 6.15. The summed E-state index contributed by atoms with van der Waals surface area (Å²) < 4.78 is 22.7. The molecule has 0 aromatic heterocycles. The predicted octanol–water partition coefficient (Wildman–Crippen LogP) is 3.39. The number of rotatable bonds is 3. The number of halogens is 1. The third kappa shape index (κ3) is 4.47. The first-order valence-electron chi connectivity index (χ1n) is 5.98. The zero-order chi connectivity index (χ0) is 15.5. The Morgan fingerprint density at radius 3 is 2.19 bits per heavy atom. The van der Waals surface area contributed by atoms with E-state index in [2.05, 4.69) is 10.6 Å². The molecule has 0 radical (unpaired) electrons. The fourth-order valence-electron chi connectivity index (χ4n) is 1.65. The topological polar surface area (TPSA) is 75.3 Å². The predicted molar refractivity (Wildman–Crippen MR) is 83.6 cm³/mol. The van der Waals surface area contributed by atoms with E-state index in [0.29, 0.717) is 16.4 Å². The molecule has 0 unspecified atom stereocenters. The van der Waals surface area contributed by atoms with E-state index in [-0.39, 0.29) is 4.90 Å². The van der Waals surface area contributed by atoms with Crippen LogP contribution in [0.3, 0.4) is 0 Å². The zero-order valence-corrected chi connectivity index (χ0v) is 12.7. The first-order valence-corrected chi connectivity index (χ1v) is 8.25. The molecule has 0 saturated carbocycles. The van der Waals surface area contributed by atoms with Crippen LogP contribution in [-0.2, 0) is 9.84 Å². The molecule has 5 nitrogen and oxygen atoms in total. The maximum atomic E-state index is 11.8. The number of carbonyl (C=O) groups excluding carboxylic acids is 1. The number of urea groups is 1. The van der Waals surface area contributed by atoms with Crippen LogP contribution in [0.4, 0.5) is 16.2 Å². The fraction of sp³-hybridized carbons (Fsp3) is 0.0714. The van der Waals surface area contributed by atoms with E-state index >= 15 is 0 Å². The van der Waals surface area contributed by atoms with Crippen LogP contribution in [0, 0.1) is 0 Å². The normalized spacial score (nSPS) is 11.0. The van der Waals surface area contributed by atoms with Crippen molar-refractivity contribution in [1.29, 1.82) is 0 Å². The molecule has 2 N–H and O–H groups in total. The average molecular weight is 325 g/mol. The number of hydrogen-bond donors (Lipinski definition) is 2. The van der Waals surface area contributed by atoms with Crippen LogP contribution >= 0.6 is 11.6 Å². The summed E-state index contributed by atoms with van der Waals surface area (Å²) in [6.45, 7) is 0. The highest BCUT2D eigenvalue weighted by molar-refractivity contribution is 7.90. The molecule has 2 amide bonds. The zero-order valence-electron chi connectivity index (χ0n) is 11.1. The highest BCUT2D eigenvalue weighted by atomic mass is 35.5. The summed E-state index contributed by atoms with van der Waals surface area (Å²) in [7, 11) is -3.24. The fourth-order valence-corrected chi connectivity index (χ4v) is 2.47. The molecule has 2 aromatic carbocycles. The first-order chi connectivity index (χ1) is 9.84. The molecule has 0 spiro atoms. The van der Waals surface area contributed by atoms with Crippen molar-refractivity contribution in [3.63, 3.8) is 0 Å². The van der Waals surface area contributed by atoms with Gasteiger partial charge in [-0.2, -0.15) is 0 Å². The summed E-state index contributed by atoms with van der Waals surface area (Å²) in [5.41, 5.74) is 1.05. The Hall–Kier alpha value is -2.05. The lowest BCUT2D eigenvalue weighted by atomic mass is 10.3. The number of nitrogens with one attached hydrogen (secondary N) is 2. The van der Waals surface area contributed by atoms with Gasteiger partial charge in [-0.05, 0) is 42.5 Å². The summed E-state index contributed by atoms with van der Waals surface area (Å²) in [4.78, 5) is 12.0. The van der Waals surface area contributed by atoms with Crippen LogP contribution < -0.4 is 10.6 Å². The first kappa shape index (κ1) is 15.3. The van der Waals surface area contributed by atoms with Crippen LogP contribution in [0.1, 0.15) is 0 Å². The van der Waals surface area contributed by atoms with Crippen LogP contribution in [0.15, 0.2) is 53.4 Å². The van der Waals surface area contributed by atoms with Crippen molar-refractivity contribution < 1.29 is 13.2 Å². The quantitative estimate of drug-likeness (QED) is 0.908. The molecule has 0 aliphatic carbocycles. The van der Waals surface area contributed by atoms with Crippen molar-refractivity contribution in [3.05, 3.63) is 53.6 Å². The lowest BCUT2D eigenvalue weighted by Crippen LogP contribution is -2.19. The molecule has 21 heavy (non-hydrogen) atoms. The number of benzene rings is 2. The summed E-state index contributed by atoms with van der Waals surface area (Å²) in [5, 5.41) is 5.74. The molecule has 110 valence electrons. The van der Waals surface area contributed by atoms with Crippen molar-refractivity contribution in [2.75, 3.05) is 16.9 Å². The van der Waals surface area contributed by atoms with E-state index in [9.17, 15) is 13.2 Å². The van der Waals surface area contributed by atoms with Gasteiger partial charge in [0.15, 0.2) is 9.84 Å². The molecule has 2 aromatic rings. The number of carbonyl (C=O) groups is 1. The maximum absolute atomic E-state index is 11.8. The standard InChI is InChI=1S/C14H13ClN2O3S/c1-21(19,20)13-7-5-11(6-8-13)16-14(18)17-12-4-2-3-10(15)9-12/h2-9H,1H3,(H2,16,17,18). The molecule has 0 aliphatic heterocycles. The van der Waals surface area contributed by atoms with Gasteiger partial charge in [0.05, 0.1) is 4.90 Å². The highest BCUT2D eigenvalue weighted by Crippen LogP contribution is 2.16. The number of hydrogen-bond acceptors (Lipinski definition) is 3. The Morgan fingerprint density at radius 2 is 1.62 bits per heavy atom. The van der Waals surface area contributed by atoms with Crippen molar-refractivity contribution in [1.82, 2.24) is 0 Å². The summed E-state index contributed by atoms with van der Waals surface area (Å²) in [5.74, 6) is 0. The van der Waals surface area contributed by atoms with Crippen LogP contribution in [0.2, 0.25) is 5.02 Å². The molecule has 0 fully saturated rings. The largest absolute Gasteiger partial charge is 0.323 e. The summed E-state index contributed by atoms with van der Waals surface area (Å²) in [6, 6.07) is 12.2. The minimum atomic E-state index is -3.24. The Kier molecular flexibility index (Phi) is 4.50. The summed E-state index contributed by atoms with van der Waals surface area (Å²) in [6.07, 6.45) is 1.13. The second-order valence-electron chi connectivity index (χ2n) is 4.39. The molecule has 0 bridgehead atoms. The summed E-state index contributed by atoms with van der Waals surface area (Å²) >= 11 is 5.82. The van der Waals surface area contributed by atoms with Gasteiger partial charge < -0.3 is 10.6 Å². The van der Waals surface area contributed by atoms with Crippen LogP contribution in [0.5, 0.6) is 0 Å². The van der Waals surface area contributed by atoms with Gasteiger partial charge in [-0.1, -0.05) is 17.7 Å². The average Bonchev–Trinajstić information content (AvgIpc) is 2.38. The van der Waals surface area contributed by atoms with Crippen molar-refractivity contribution in [3.8, 4) is 0 Å². The molecule has 0 saturated heterocycles. The third-order valence-electron chi connectivity index (χ3n) is 2.62. The van der Waals surface area contributed by atoms with E-state index < -0.39 is 15.9 Å². The minimum Gasteiger partial charge on any atom is -0.308 e. The minimum absolute atomic E-state index is 0.197. The van der Waals surface area contributed by atoms with Gasteiger partial charge in [0.25, 0.3) is 0 Å². The molecule has 0 heterocycles. The lowest BCUT2D eigenvalue weighted by molar-refractivity contribution is 0.262. The Bertz CT molecular complexity index is 758. The Balaban J connectivity index is 2.03. The highest BCUT2D eigenvalue weighted by Gasteiger charge is 2.07. The van der Waals surface area contributed by atoms with Gasteiger partial charge in [0.1, 0.15) is 0 Å². The molecular weight excluding hydrogens is 312 g/mol. The van der Waals surface area contributed by atoms with Gasteiger partial charge in [0.2, 0.25) is 0 Å². The van der Waals surface area contributed by atoms with Crippen LogP contribution in [0.25, 0.3) is 0 Å². The molecule has 0 aliphatic rings. The third-order valence-corrected chi connectivity index (χ3v) is 3.99. The van der Waals surface area contributed by atoms with Gasteiger partial charge in [-0.25, -0.2) is 13.2 Å². The Morgan fingerprint density at radius 1 is 1.00 bits per heavy atom. The number of sulfone groups is 1. The van der Waals surface area contributed by atoms with E-state index in [4.69, 9.17) is 11.6 Å². The SMILES string of the molecule is CS(=O)(=O)c1ccc(NC(=O)Nc2cccc(Cl)c2)cc1. The number of anilines is 2. The van der Waals surface area contributed by atoms with E-state index in [1.165, 1.54) is 24.3 Å². The Labute approximate surface area is 127 Å². The molecule has 7 heteroatoms. The van der Waals surface area contributed by atoms with Gasteiger partial charge in [0, 0.05) is 22.7 Å². The number of amides is 2. The van der Waals surface area contributed by atoms with E-state index in [1.54, 1.807) is 24.3 Å². The van der Waals surface area contributed by atoms with Crippen molar-refractivity contribution in [2.45, 2.75) is 4.90 Å². The van der Waals surface area contributed by atoms with Gasteiger partial charge >= 0.3 is 6.03 Å². The van der Waals surface area contributed by atoms with Gasteiger partial charge in [-0.15, -0.1) is 0 Å². The monoisotopic (exact) mass is 324 g/mol. The van der Waals surface area contributed by atoms with E-state index in [0.717, 1.165) is 6.26 Å². The molecule has 0 atom stereocenters. The smallest absolute Gasteiger partial charge is 0.308 e. The van der Waals surface area contributed by atoms with Crippen molar-refractivity contribution >= 4 is 38.8 Å². The van der Waals surface area contributed by atoms with Gasteiger partial charge in [-0.3, -0.25) is 0 Å². The van der Waals surface area contributed by atoms with Crippen LogP contribution in [-0.4, -0.2) is 20.7 Å². The molecular formula is C14H13ClN2O3S. The van der Waals surface area contributed by atoms with E-state index in [1.807, 2.05) is 0 Å². The lowest BCUT2D eigenvalue weighted by Gasteiger charge is -2.08.